The number of hydrogen-bond acceptors (Lipinski definition) is 4. The van der Waals surface area contributed by atoms with Crippen molar-refractivity contribution < 1.29 is 5.11 Å². The Morgan fingerprint density at radius 3 is 2.41 bits per heavy atom. The summed E-state index contributed by atoms with van der Waals surface area (Å²) in [4.78, 5) is 8.70. The SMILES string of the molecule is Cc1cc(C)c(CO)c(-n2nc(C)nc2C)n1. The highest BCUT2D eigenvalue weighted by Gasteiger charge is 2.13. The van der Waals surface area contributed by atoms with Crippen molar-refractivity contribution in [3.8, 4) is 5.82 Å². The van der Waals surface area contributed by atoms with Crippen molar-refractivity contribution in [1.82, 2.24) is 19.7 Å². The normalized spacial score (nSPS) is 10.9. The van der Waals surface area contributed by atoms with E-state index in [2.05, 4.69) is 15.1 Å². The Hall–Kier alpha value is -1.75. The van der Waals surface area contributed by atoms with Gasteiger partial charge in [-0.25, -0.2) is 9.97 Å². The molecular formula is C12H16N4O. The third kappa shape index (κ3) is 2.06. The third-order valence-corrected chi connectivity index (χ3v) is 2.69. The fraction of sp³-hybridized carbons (Fsp3) is 0.417. The first kappa shape index (κ1) is 11.7. The predicted molar refractivity (Wildman–Crippen MR) is 64.0 cm³/mol. The highest BCUT2D eigenvalue weighted by atomic mass is 16.3. The monoisotopic (exact) mass is 232 g/mol. The van der Waals surface area contributed by atoms with E-state index in [-0.39, 0.29) is 6.61 Å². The van der Waals surface area contributed by atoms with Crippen molar-refractivity contribution >= 4 is 0 Å². The second kappa shape index (κ2) is 4.25. The summed E-state index contributed by atoms with van der Waals surface area (Å²) in [6.07, 6.45) is 0. The molecule has 0 fully saturated rings. The smallest absolute Gasteiger partial charge is 0.161 e. The molecule has 0 aliphatic carbocycles. The van der Waals surface area contributed by atoms with E-state index in [1.54, 1.807) is 4.68 Å². The highest BCUT2D eigenvalue weighted by molar-refractivity contribution is 5.40. The summed E-state index contributed by atoms with van der Waals surface area (Å²) in [5.41, 5.74) is 2.72. The maximum absolute atomic E-state index is 9.45. The minimum atomic E-state index is -0.0488. The van der Waals surface area contributed by atoms with E-state index in [1.165, 1.54) is 0 Å². The van der Waals surface area contributed by atoms with Crippen LogP contribution in [0.1, 0.15) is 28.5 Å². The zero-order valence-corrected chi connectivity index (χ0v) is 10.5. The summed E-state index contributed by atoms with van der Waals surface area (Å²) < 4.78 is 1.68. The Kier molecular flexibility index (Phi) is 2.93. The van der Waals surface area contributed by atoms with Crippen molar-refractivity contribution in [1.29, 1.82) is 0 Å². The first-order valence-electron chi connectivity index (χ1n) is 5.51. The highest BCUT2D eigenvalue weighted by Crippen LogP contribution is 2.18. The maximum Gasteiger partial charge on any atom is 0.161 e. The van der Waals surface area contributed by atoms with Crippen molar-refractivity contribution in [2.45, 2.75) is 34.3 Å². The zero-order valence-electron chi connectivity index (χ0n) is 10.5. The summed E-state index contributed by atoms with van der Waals surface area (Å²) >= 11 is 0. The largest absolute Gasteiger partial charge is 0.392 e. The van der Waals surface area contributed by atoms with Crippen LogP contribution in [0.2, 0.25) is 0 Å². The van der Waals surface area contributed by atoms with Gasteiger partial charge in [0.05, 0.1) is 6.61 Å². The number of aliphatic hydroxyl groups is 1. The molecule has 17 heavy (non-hydrogen) atoms. The van der Waals surface area contributed by atoms with Crippen LogP contribution in [0.5, 0.6) is 0 Å². The topological polar surface area (TPSA) is 63.8 Å². The van der Waals surface area contributed by atoms with Gasteiger partial charge in [0.2, 0.25) is 0 Å². The van der Waals surface area contributed by atoms with Gasteiger partial charge in [-0.05, 0) is 39.3 Å². The number of aromatic nitrogens is 4. The zero-order chi connectivity index (χ0) is 12.6. The van der Waals surface area contributed by atoms with Crippen LogP contribution in [-0.2, 0) is 6.61 Å². The summed E-state index contributed by atoms with van der Waals surface area (Å²) in [5.74, 6) is 2.14. The Bertz CT molecular complexity index is 560. The van der Waals surface area contributed by atoms with Gasteiger partial charge in [-0.3, -0.25) is 0 Å². The van der Waals surface area contributed by atoms with E-state index in [4.69, 9.17) is 0 Å². The van der Waals surface area contributed by atoms with Crippen LogP contribution in [0.25, 0.3) is 5.82 Å². The van der Waals surface area contributed by atoms with Crippen LogP contribution >= 0.6 is 0 Å². The maximum atomic E-state index is 9.45. The van der Waals surface area contributed by atoms with Crippen molar-refractivity contribution in [2.75, 3.05) is 0 Å². The fourth-order valence-corrected chi connectivity index (χ4v) is 1.94. The van der Waals surface area contributed by atoms with Crippen molar-refractivity contribution in [2.24, 2.45) is 0 Å². The number of rotatable bonds is 2. The molecule has 5 nitrogen and oxygen atoms in total. The number of aryl methyl sites for hydroxylation is 4. The van der Waals surface area contributed by atoms with Gasteiger partial charge < -0.3 is 5.11 Å². The predicted octanol–water partition coefficient (Wildman–Crippen LogP) is 1.39. The van der Waals surface area contributed by atoms with Gasteiger partial charge in [-0.2, -0.15) is 4.68 Å². The molecule has 0 aliphatic rings. The first-order valence-corrected chi connectivity index (χ1v) is 5.51. The molecule has 0 radical (unpaired) electrons. The van der Waals surface area contributed by atoms with Crippen LogP contribution in [-0.4, -0.2) is 24.9 Å². The minimum Gasteiger partial charge on any atom is -0.392 e. The van der Waals surface area contributed by atoms with E-state index in [1.807, 2.05) is 33.8 Å². The van der Waals surface area contributed by atoms with Gasteiger partial charge in [0, 0.05) is 11.3 Å². The number of aliphatic hydroxyl groups excluding tert-OH is 1. The lowest BCUT2D eigenvalue weighted by molar-refractivity contribution is 0.280. The van der Waals surface area contributed by atoms with E-state index in [0.717, 1.165) is 22.6 Å². The molecule has 5 heteroatoms. The van der Waals surface area contributed by atoms with Gasteiger partial charge in [0.1, 0.15) is 11.6 Å². The standard InChI is InChI=1S/C12H16N4O/c1-7-5-8(2)13-12(11(7)6-17)16-10(4)14-9(3)15-16/h5,17H,6H2,1-4H3. The molecule has 0 spiro atoms. The van der Waals surface area contributed by atoms with Crippen LogP contribution in [0, 0.1) is 27.7 Å². The van der Waals surface area contributed by atoms with Crippen LogP contribution in [0.3, 0.4) is 0 Å². The molecule has 0 unspecified atom stereocenters. The molecule has 0 saturated carbocycles. The number of nitrogens with zero attached hydrogens (tertiary/aromatic N) is 4. The summed E-state index contributed by atoms with van der Waals surface area (Å²) in [7, 11) is 0. The molecule has 0 bridgehead atoms. The second-order valence-electron chi connectivity index (χ2n) is 4.16. The van der Waals surface area contributed by atoms with Crippen LogP contribution < -0.4 is 0 Å². The molecule has 90 valence electrons. The van der Waals surface area contributed by atoms with Gasteiger partial charge in [0.15, 0.2) is 5.82 Å². The molecule has 0 atom stereocenters. The molecule has 2 heterocycles. The number of pyridine rings is 1. The van der Waals surface area contributed by atoms with E-state index >= 15 is 0 Å². The Balaban J connectivity index is 2.69. The lowest BCUT2D eigenvalue weighted by Crippen LogP contribution is -2.09. The quantitative estimate of drug-likeness (QED) is 0.849. The van der Waals surface area contributed by atoms with Gasteiger partial charge in [-0.15, -0.1) is 5.10 Å². The molecule has 0 aromatic carbocycles. The fourth-order valence-electron chi connectivity index (χ4n) is 1.94. The molecule has 2 rings (SSSR count). The molecule has 0 aliphatic heterocycles. The number of hydrogen-bond donors (Lipinski definition) is 1. The Morgan fingerprint density at radius 2 is 1.88 bits per heavy atom. The summed E-state index contributed by atoms with van der Waals surface area (Å²) in [6.45, 7) is 7.55. The van der Waals surface area contributed by atoms with Crippen LogP contribution in [0.15, 0.2) is 6.07 Å². The Labute approximate surface area is 100 Å². The summed E-state index contributed by atoms with van der Waals surface area (Å²) in [6, 6.07) is 1.95. The van der Waals surface area contributed by atoms with E-state index in [9.17, 15) is 5.11 Å². The molecule has 0 amide bonds. The van der Waals surface area contributed by atoms with Crippen molar-refractivity contribution in [3.63, 3.8) is 0 Å². The Morgan fingerprint density at radius 1 is 1.18 bits per heavy atom. The molecule has 0 saturated heterocycles. The molecule has 2 aromatic rings. The lowest BCUT2D eigenvalue weighted by atomic mass is 10.1. The van der Waals surface area contributed by atoms with Crippen molar-refractivity contribution in [3.05, 3.63) is 34.5 Å². The molecule has 2 aromatic heterocycles. The first-order chi connectivity index (χ1) is 8.02. The summed E-state index contributed by atoms with van der Waals surface area (Å²) in [5, 5.41) is 13.8. The average Bonchev–Trinajstić information content (AvgIpc) is 2.56. The van der Waals surface area contributed by atoms with Gasteiger partial charge >= 0.3 is 0 Å². The molecule has 1 N–H and O–H groups in total. The lowest BCUT2D eigenvalue weighted by Gasteiger charge is -2.11. The minimum absolute atomic E-state index is 0.0488. The third-order valence-electron chi connectivity index (χ3n) is 2.69. The van der Waals surface area contributed by atoms with Gasteiger partial charge in [-0.1, -0.05) is 0 Å². The van der Waals surface area contributed by atoms with E-state index < -0.39 is 0 Å². The van der Waals surface area contributed by atoms with Gasteiger partial charge in [0.25, 0.3) is 0 Å². The van der Waals surface area contributed by atoms with Crippen LogP contribution in [0.4, 0.5) is 0 Å². The average molecular weight is 232 g/mol. The second-order valence-corrected chi connectivity index (χ2v) is 4.16. The molecular weight excluding hydrogens is 216 g/mol. The van der Waals surface area contributed by atoms with E-state index in [0.29, 0.717) is 11.6 Å².